The Balaban J connectivity index is 2.12. The van der Waals surface area contributed by atoms with E-state index < -0.39 is 5.97 Å². The second-order valence-electron chi connectivity index (χ2n) is 4.18. The number of halogens is 1. The maximum absolute atomic E-state index is 12.1. The molecule has 104 valence electrons. The van der Waals surface area contributed by atoms with Gasteiger partial charge < -0.3 is 14.6 Å². The summed E-state index contributed by atoms with van der Waals surface area (Å²) in [7, 11) is 3.12. The highest BCUT2D eigenvalue weighted by molar-refractivity contribution is 9.10. The van der Waals surface area contributed by atoms with Gasteiger partial charge in [-0.25, -0.2) is 4.79 Å². The molecular formula is C14H13BrN2O3. The molecule has 0 unspecified atom stereocenters. The number of nitrogens with one attached hydrogen (secondary N) is 1. The predicted molar refractivity (Wildman–Crippen MR) is 78.8 cm³/mol. The summed E-state index contributed by atoms with van der Waals surface area (Å²) in [5.74, 6) is -0.627. The van der Waals surface area contributed by atoms with E-state index in [0.717, 1.165) is 4.47 Å². The van der Waals surface area contributed by atoms with Gasteiger partial charge in [0.25, 0.3) is 5.91 Å². The predicted octanol–water partition coefficient (Wildman–Crippen LogP) is 2.83. The molecule has 2 aromatic rings. The first-order valence-electron chi connectivity index (χ1n) is 5.83. The molecule has 0 spiro atoms. The maximum atomic E-state index is 12.1. The van der Waals surface area contributed by atoms with Gasteiger partial charge in [-0.15, -0.1) is 0 Å². The zero-order valence-electron chi connectivity index (χ0n) is 11.0. The Morgan fingerprint density at radius 3 is 2.40 bits per heavy atom. The van der Waals surface area contributed by atoms with Crippen LogP contribution in [0.2, 0.25) is 0 Å². The van der Waals surface area contributed by atoms with Gasteiger partial charge in [-0.3, -0.25) is 4.79 Å². The molecule has 5 nitrogen and oxygen atoms in total. The van der Waals surface area contributed by atoms with Crippen LogP contribution in [0.25, 0.3) is 0 Å². The van der Waals surface area contributed by atoms with E-state index in [-0.39, 0.29) is 5.91 Å². The van der Waals surface area contributed by atoms with Gasteiger partial charge in [-0.05, 0) is 46.3 Å². The van der Waals surface area contributed by atoms with Crippen LogP contribution in [-0.2, 0) is 11.8 Å². The molecule has 20 heavy (non-hydrogen) atoms. The van der Waals surface area contributed by atoms with Gasteiger partial charge >= 0.3 is 5.97 Å². The first-order chi connectivity index (χ1) is 9.51. The van der Waals surface area contributed by atoms with Gasteiger partial charge in [0, 0.05) is 23.4 Å². The lowest BCUT2D eigenvalue weighted by Crippen LogP contribution is -2.15. The van der Waals surface area contributed by atoms with E-state index in [2.05, 4.69) is 26.0 Å². The van der Waals surface area contributed by atoms with Gasteiger partial charge in [0.15, 0.2) is 0 Å². The second-order valence-corrected chi connectivity index (χ2v) is 5.09. The lowest BCUT2D eigenvalue weighted by molar-refractivity contribution is 0.0600. The Bertz CT molecular complexity index is 647. The van der Waals surface area contributed by atoms with Crippen molar-refractivity contribution in [1.29, 1.82) is 0 Å². The fourth-order valence-electron chi connectivity index (χ4n) is 1.75. The molecule has 0 aliphatic rings. The van der Waals surface area contributed by atoms with Crippen molar-refractivity contribution < 1.29 is 14.3 Å². The topological polar surface area (TPSA) is 60.3 Å². The van der Waals surface area contributed by atoms with Crippen LogP contribution < -0.4 is 5.32 Å². The minimum Gasteiger partial charge on any atom is -0.465 e. The van der Waals surface area contributed by atoms with E-state index in [1.54, 1.807) is 48.1 Å². The van der Waals surface area contributed by atoms with E-state index >= 15 is 0 Å². The molecule has 0 saturated heterocycles. The molecule has 0 radical (unpaired) electrons. The van der Waals surface area contributed by atoms with Gasteiger partial charge in [0.1, 0.15) is 5.69 Å². The standard InChI is InChI=1S/C14H13BrN2O3/c1-17-8-10(15)7-12(17)13(18)16-11-5-3-9(4-6-11)14(19)20-2/h3-8H,1-2H3,(H,16,18). The van der Waals surface area contributed by atoms with Crippen molar-refractivity contribution in [3.8, 4) is 0 Å². The highest BCUT2D eigenvalue weighted by atomic mass is 79.9. The van der Waals surface area contributed by atoms with E-state index in [0.29, 0.717) is 16.9 Å². The molecule has 0 atom stereocenters. The fraction of sp³-hybridized carbons (Fsp3) is 0.143. The number of aryl methyl sites for hydroxylation is 1. The Morgan fingerprint density at radius 1 is 1.25 bits per heavy atom. The molecule has 0 bridgehead atoms. The summed E-state index contributed by atoms with van der Waals surface area (Å²) in [6, 6.07) is 8.24. The molecular weight excluding hydrogens is 324 g/mol. The summed E-state index contributed by atoms with van der Waals surface area (Å²) < 4.78 is 7.17. The fourth-order valence-corrected chi connectivity index (χ4v) is 2.28. The first kappa shape index (κ1) is 14.3. The van der Waals surface area contributed by atoms with Crippen LogP contribution >= 0.6 is 15.9 Å². The van der Waals surface area contributed by atoms with Crippen LogP contribution in [0, 0.1) is 0 Å². The minimum absolute atomic E-state index is 0.219. The Kier molecular flexibility index (Phi) is 4.24. The quantitative estimate of drug-likeness (QED) is 0.876. The van der Waals surface area contributed by atoms with Gasteiger partial charge in [0.2, 0.25) is 0 Å². The number of anilines is 1. The monoisotopic (exact) mass is 336 g/mol. The molecule has 6 heteroatoms. The third-order valence-electron chi connectivity index (χ3n) is 2.77. The van der Waals surface area contributed by atoms with Crippen LogP contribution in [0.4, 0.5) is 5.69 Å². The molecule has 1 amide bonds. The maximum Gasteiger partial charge on any atom is 0.337 e. The largest absolute Gasteiger partial charge is 0.465 e. The lowest BCUT2D eigenvalue weighted by atomic mass is 10.2. The molecule has 1 aromatic carbocycles. The molecule has 0 saturated carbocycles. The van der Waals surface area contributed by atoms with Crippen LogP contribution in [0.1, 0.15) is 20.8 Å². The number of ether oxygens (including phenoxy) is 1. The molecule has 1 N–H and O–H groups in total. The van der Waals surface area contributed by atoms with Gasteiger partial charge in [-0.2, -0.15) is 0 Å². The summed E-state index contributed by atoms with van der Waals surface area (Å²) in [5.41, 5.74) is 1.58. The van der Waals surface area contributed by atoms with E-state index in [4.69, 9.17) is 0 Å². The summed E-state index contributed by atoms with van der Waals surface area (Å²) in [6.07, 6.45) is 1.80. The van der Waals surface area contributed by atoms with Crippen LogP contribution in [0.5, 0.6) is 0 Å². The van der Waals surface area contributed by atoms with Crippen LogP contribution in [0.3, 0.4) is 0 Å². The van der Waals surface area contributed by atoms with Crippen molar-refractivity contribution in [1.82, 2.24) is 4.57 Å². The Labute approximate surface area is 124 Å². The Morgan fingerprint density at radius 2 is 1.90 bits per heavy atom. The number of methoxy groups -OCH3 is 1. The average molecular weight is 337 g/mol. The SMILES string of the molecule is COC(=O)c1ccc(NC(=O)c2cc(Br)cn2C)cc1. The highest BCUT2D eigenvalue weighted by Crippen LogP contribution is 2.16. The minimum atomic E-state index is -0.408. The van der Waals surface area contributed by atoms with Crippen molar-refractivity contribution in [2.24, 2.45) is 7.05 Å². The summed E-state index contributed by atoms with van der Waals surface area (Å²) in [4.78, 5) is 23.4. The molecule has 0 aliphatic heterocycles. The number of benzene rings is 1. The molecule has 1 heterocycles. The van der Waals surface area contributed by atoms with Crippen molar-refractivity contribution >= 4 is 33.5 Å². The highest BCUT2D eigenvalue weighted by Gasteiger charge is 2.11. The normalized spacial score (nSPS) is 10.2. The first-order valence-corrected chi connectivity index (χ1v) is 6.62. The number of hydrogen-bond acceptors (Lipinski definition) is 3. The van der Waals surface area contributed by atoms with Crippen molar-refractivity contribution in [2.45, 2.75) is 0 Å². The smallest absolute Gasteiger partial charge is 0.337 e. The number of rotatable bonds is 3. The second kappa shape index (κ2) is 5.92. The van der Waals surface area contributed by atoms with Crippen LogP contribution in [0.15, 0.2) is 41.0 Å². The van der Waals surface area contributed by atoms with E-state index in [1.165, 1.54) is 7.11 Å². The average Bonchev–Trinajstić information content (AvgIpc) is 2.78. The van der Waals surface area contributed by atoms with Crippen molar-refractivity contribution in [3.05, 3.63) is 52.3 Å². The number of carbonyl (C=O) groups excluding carboxylic acids is 2. The lowest BCUT2D eigenvalue weighted by Gasteiger charge is -2.06. The number of hydrogen-bond donors (Lipinski definition) is 1. The summed E-state index contributed by atoms with van der Waals surface area (Å²) in [6.45, 7) is 0. The molecule has 0 fully saturated rings. The van der Waals surface area contributed by atoms with Gasteiger partial charge in [0.05, 0.1) is 12.7 Å². The molecule has 1 aromatic heterocycles. The number of carbonyl (C=O) groups is 2. The Hall–Kier alpha value is -2.08. The number of nitrogens with zero attached hydrogens (tertiary/aromatic N) is 1. The summed E-state index contributed by atoms with van der Waals surface area (Å²) in [5, 5.41) is 2.76. The zero-order valence-corrected chi connectivity index (χ0v) is 12.6. The number of esters is 1. The van der Waals surface area contributed by atoms with E-state index in [9.17, 15) is 9.59 Å². The van der Waals surface area contributed by atoms with Gasteiger partial charge in [-0.1, -0.05) is 0 Å². The third kappa shape index (κ3) is 3.08. The van der Waals surface area contributed by atoms with E-state index in [1.807, 2.05) is 0 Å². The summed E-state index contributed by atoms with van der Waals surface area (Å²) >= 11 is 3.32. The number of amides is 1. The van der Waals surface area contributed by atoms with Crippen molar-refractivity contribution in [3.63, 3.8) is 0 Å². The third-order valence-corrected chi connectivity index (χ3v) is 3.20. The molecule has 0 aliphatic carbocycles. The molecule has 2 rings (SSSR count). The van der Waals surface area contributed by atoms with Crippen molar-refractivity contribution in [2.75, 3.05) is 12.4 Å². The zero-order chi connectivity index (χ0) is 14.7. The number of aromatic nitrogens is 1. The van der Waals surface area contributed by atoms with Crippen LogP contribution in [-0.4, -0.2) is 23.6 Å².